The minimum atomic E-state index is -1.36. The molecular weight excluding hydrogens is 823 g/mol. The Hall–Kier alpha value is -7.28. The van der Waals surface area contributed by atoms with Crippen molar-refractivity contribution in [3.8, 4) is 39.7 Å². The van der Waals surface area contributed by atoms with Gasteiger partial charge in [-0.05, 0) is 92.1 Å². The van der Waals surface area contributed by atoms with Crippen LogP contribution in [0, 0.1) is 11.3 Å². The van der Waals surface area contributed by atoms with Gasteiger partial charge in [-0.2, -0.15) is 10.5 Å². The number of tetrazole rings is 1. The summed E-state index contributed by atoms with van der Waals surface area (Å²) in [6.07, 6.45) is 2.96. The number of imidazole rings is 2. The van der Waals surface area contributed by atoms with Gasteiger partial charge in [0.15, 0.2) is 11.4 Å². The van der Waals surface area contributed by atoms with Crippen molar-refractivity contribution >= 4 is 11.9 Å². The number of aromatic carboxylic acids is 1. The summed E-state index contributed by atoms with van der Waals surface area (Å²) < 4.78 is 8.84. The first-order chi connectivity index (χ1) is 31.1. The standard InChI is InChI=1S/C26H29N3O3.C24H26N6O3/c1-5-9-22-28-24(26(3,4)31)23(25(30)32-6-2)29(22)17-18-12-14-19(15-13-18)21-11-8-7-10-20(21)16-27;1-4-7-19-25-21(24(2,3)33)20(23(31)32)30(19)14-15-10-12-16(13-11-15)17-8-5-6-9-18(17)22-26-28-29-27-22/h7-8,10-15,31H,5-6,9,17H2,1-4H3;5-6,8-13,33H,4,7,14H2,1-3H3,(H,31,32)(H,26,27,28,29). The highest BCUT2D eigenvalue weighted by Gasteiger charge is 2.33. The number of carboxylic acids is 1. The number of carboxylic acid groups (broad SMARTS) is 1. The molecule has 3 aromatic heterocycles. The van der Waals surface area contributed by atoms with Gasteiger partial charge >= 0.3 is 11.9 Å². The molecule has 0 fully saturated rings. The van der Waals surface area contributed by atoms with Gasteiger partial charge in [0.1, 0.15) is 34.2 Å². The van der Waals surface area contributed by atoms with Crippen LogP contribution in [0.25, 0.3) is 33.6 Å². The minimum Gasteiger partial charge on any atom is -0.477 e. The second-order valence-corrected chi connectivity index (χ2v) is 16.6. The predicted octanol–water partition coefficient (Wildman–Crippen LogP) is 8.48. The molecule has 15 heteroatoms. The Balaban J connectivity index is 0.000000216. The normalized spacial score (nSPS) is 11.4. The summed E-state index contributed by atoms with van der Waals surface area (Å²) in [5.41, 5.74) is 5.37. The summed E-state index contributed by atoms with van der Waals surface area (Å²) in [7, 11) is 0. The number of nitrogens with one attached hydrogen (secondary N) is 1. The van der Waals surface area contributed by atoms with Crippen LogP contribution >= 0.6 is 0 Å². The number of ether oxygens (including phenoxy) is 1. The van der Waals surface area contributed by atoms with E-state index < -0.39 is 23.1 Å². The maximum Gasteiger partial charge on any atom is 0.357 e. The quantitative estimate of drug-likeness (QED) is 0.0672. The molecule has 0 radical (unpaired) electrons. The fourth-order valence-corrected chi connectivity index (χ4v) is 7.63. The van der Waals surface area contributed by atoms with Crippen LogP contribution in [0.3, 0.4) is 0 Å². The lowest BCUT2D eigenvalue weighted by Gasteiger charge is -2.17. The van der Waals surface area contributed by atoms with E-state index in [0.717, 1.165) is 57.6 Å². The first kappa shape index (κ1) is 47.2. The van der Waals surface area contributed by atoms with Crippen molar-refractivity contribution in [2.24, 2.45) is 0 Å². The molecule has 3 heterocycles. The maximum atomic E-state index is 12.8. The molecule has 4 aromatic carbocycles. The molecule has 0 amide bonds. The number of aliphatic hydroxyl groups is 2. The fourth-order valence-electron chi connectivity index (χ4n) is 7.63. The summed E-state index contributed by atoms with van der Waals surface area (Å²) in [6.45, 7) is 13.2. The largest absolute Gasteiger partial charge is 0.477 e. The van der Waals surface area contributed by atoms with Crippen LogP contribution in [0.5, 0.6) is 0 Å². The van der Waals surface area contributed by atoms with E-state index in [9.17, 15) is 30.2 Å². The van der Waals surface area contributed by atoms with Crippen LogP contribution < -0.4 is 0 Å². The van der Waals surface area contributed by atoms with E-state index in [2.05, 4.69) is 36.7 Å². The third kappa shape index (κ3) is 10.9. The molecule has 0 spiro atoms. The molecule has 0 saturated heterocycles. The number of esters is 1. The highest BCUT2D eigenvalue weighted by molar-refractivity contribution is 5.89. The van der Waals surface area contributed by atoms with Gasteiger partial charge in [0.2, 0.25) is 5.82 Å². The number of aryl methyl sites for hydroxylation is 2. The number of nitriles is 1. The topological polar surface area (TPSA) is 218 Å². The van der Waals surface area contributed by atoms with Gasteiger partial charge < -0.3 is 29.2 Å². The summed E-state index contributed by atoms with van der Waals surface area (Å²) in [4.78, 5) is 34.1. The van der Waals surface area contributed by atoms with Gasteiger partial charge in [-0.3, -0.25) is 0 Å². The molecule has 0 aliphatic heterocycles. The predicted molar refractivity (Wildman–Crippen MR) is 246 cm³/mol. The van der Waals surface area contributed by atoms with Crippen LogP contribution in [0.1, 0.15) is 122 Å². The van der Waals surface area contributed by atoms with Gasteiger partial charge in [0.25, 0.3) is 0 Å². The number of carbonyl (C=O) groups is 2. The smallest absolute Gasteiger partial charge is 0.357 e. The van der Waals surface area contributed by atoms with Crippen LogP contribution in [0.2, 0.25) is 0 Å². The molecule has 4 N–H and O–H groups in total. The molecule has 0 unspecified atom stereocenters. The summed E-state index contributed by atoms with van der Waals surface area (Å²) in [6, 6.07) is 33.4. The number of aromatic nitrogens is 8. The van der Waals surface area contributed by atoms with Crippen LogP contribution in [0.4, 0.5) is 0 Å². The zero-order valence-electron chi connectivity index (χ0n) is 37.8. The van der Waals surface area contributed by atoms with E-state index in [1.165, 1.54) is 0 Å². The Labute approximate surface area is 378 Å². The molecule has 0 atom stereocenters. The Morgan fingerprint density at radius 2 is 1.17 bits per heavy atom. The first-order valence-corrected chi connectivity index (χ1v) is 21.6. The van der Waals surface area contributed by atoms with E-state index in [0.29, 0.717) is 54.5 Å². The van der Waals surface area contributed by atoms with Gasteiger partial charge in [-0.25, -0.2) is 19.6 Å². The molecule has 336 valence electrons. The zero-order chi connectivity index (χ0) is 46.9. The number of hydrogen-bond acceptors (Lipinski definition) is 11. The highest BCUT2D eigenvalue weighted by atomic mass is 16.5. The van der Waals surface area contributed by atoms with Crippen molar-refractivity contribution in [1.29, 1.82) is 5.26 Å². The second kappa shape index (κ2) is 20.5. The molecule has 15 nitrogen and oxygen atoms in total. The van der Waals surface area contributed by atoms with Crippen molar-refractivity contribution < 1.29 is 29.6 Å². The van der Waals surface area contributed by atoms with Crippen molar-refractivity contribution in [3.63, 3.8) is 0 Å². The molecule has 0 saturated carbocycles. The van der Waals surface area contributed by atoms with E-state index in [1.54, 1.807) is 45.3 Å². The van der Waals surface area contributed by atoms with Gasteiger partial charge in [-0.15, -0.1) is 10.2 Å². The number of aromatic amines is 1. The monoisotopic (exact) mass is 877 g/mol. The average molecular weight is 878 g/mol. The molecular formula is C50H55N9O6. The average Bonchev–Trinajstić information content (AvgIpc) is 4.04. The van der Waals surface area contributed by atoms with Gasteiger partial charge in [0.05, 0.1) is 18.2 Å². The van der Waals surface area contributed by atoms with Crippen LogP contribution in [0.15, 0.2) is 97.1 Å². The lowest BCUT2D eigenvalue weighted by atomic mass is 9.98. The molecule has 7 rings (SSSR count). The molecule has 65 heavy (non-hydrogen) atoms. The molecule has 0 aliphatic carbocycles. The SMILES string of the molecule is CCCc1nc(C(C)(C)O)c(C(=O)O)n1Cc1ccc(-c2ccccc2-c2nn[nH]n2)cc1.CCCc1nc(C(C)(C)O)c(C(=O)OCC)n1Cc1ccc(-c2ccccc2C#N)cc1. The lowest BCUT2D eigenvalue weighted by Crippen LogP contribution is -2.23. The molecule has 0 bridgehead atoms. The summed E-state index contributed by atoms with van der Waals surface area (Å²) in [5, 5.41) is 54.7. The third-order valence-electron chi connectivity index (χ3n) is 10.6. The minimum absolute atomic E-state index is 0.0254. The van der Waals surface area contributed by atoms with E-state index >= 15 is 0 Å². The van der Waals surface area contributed by atoms with Gasteiger partial charge in [0, 0.05) is 31.5 Å². The number of hydrogen-bond donors (Lipinski definition) is 4. The van der Waals surface area contributed by atoms with Crippen molar-refractivity contribution in [2.75, 3.05) is 6.61 Å². The highest BCUT2D eigenvalue weighted by Crippen LogP contribution is 2.32. The zero-order valence-corrected chi connectivity index (χ0v) is 37.8. The Bertz CT molecular complexity index is 2770. The number of carbonyl (C=O) groups excluding carboxylic acids is 1. The lowest BCUT2D eigenvalue weighted by molar-refractivity contribution is 0.0469. The molecule has 0 aliphatic rings. The van der Waals surface area contributed by atoms with Crippen LogP contribution in [-0.2, 0) is 41.9 Å². The van der Waals surface area contributed by atoms with Crippen molar-refractivity contribution in [3.05, 3.63) is 148 Å². The third-order valence-corrected chi connectivity index (χ3v) is 10.6. The second-order valence-electron chi connectivity index (χ2n) is 16.6. The summed E-state index contributed by atoms with van der Waals surface area (Å²) in [5.74, 6) is 0.319. The number of H-pyrrole nitrogens is 1. The van der Waals surface area contributed by atoms with Crippen molar-refractivity contribution in [2.45, 2.75) is 98.4 Å². The van der Waals surface area contributed by atoms with E-state index in [1.807, 2.05) is 109 Å². The molecule has 7 aromatic rings. The van der Waals surface area contributed by atoms with E-state index in [-0.39, 0.29) is 18.0 Å². The number of benzene rings is 4. The van der Waals surface area contributed by atoms with Crippen LogP contribution in [-0.4, -0.2) is 73.6 Å². The fraction of sp³-hybridized carbons (Fsp3) is 0.320. The Morgan fingerprint density at radius 1 is 0.692 bits per heavy atom. The number of nitrogens with zero attached hydrogens (tertiary/aromatic N) is 8. The van der Waals surface area contributed by atoms with Gasteiger partial charge in [-0.1, -0.05) is 105 Å². The Morgan fingerprint density at radius 3 is 1.63 bits per heavy atom. The first-order valence-electron chi connectivity index (χ1n) is 21.6. The Kier molecular flexibility index (Phi) is 14.9. The summed E-state index contributed by atoms with van der Waals surface area (Å²) >= 11 is 0. The number of rotatable bonds is 16. The maximum absolute atomic E-state index is 12.8. The van der Waals surface area contributed by atoms with E-state index in [4.69, 9.17) is 4.74 Å². The van der Waals surface area contributed by atoms with Crippen molar-refractivity contribution in [1.82, 2.24) is 39.7 Å².